The lowest BCUT2D eigenvalue weighted by atomic mass is 10.0. The molecule has 3 aromatic rings. The summed E-state index contributed by atoms with van der Waals surface area (Å²) in [6.07, 6.45) is 10.3. The second kappa shape index (κ2) is 8.93. The van der Waals surface area contributed by atoms with Gasteiger partial charge in [-0.1, -0.05) is 0 Å². The highest BCUT2D eigenvalue weighted by Gasteiger charge is 2.18. The van der Waals surface area contributed by atoms with Crippen LogP contribution in [0.1, 0.15) is 57.2 Å². The zero-order valence-electron chi connectivity index (χ0n) is 15.3. The van der Waals surface area contributed by atoms with Gasteiger partial charge in [0.15, 0.2) is 10.2 Å². The summed E-state index contributed by atoms with van der Waals surface area (Å²) >= 11 is 6.79. The van der Waals surface area contributed by atoms with E-state index in [1.165, 1.54) is 72.2 Å². The van der Waals surface area contributed by atoms with E-state index in [0.717, 1.165) is 33.7 Å². The van der Waals surface area contributed by atoms with E-state index in [1.54, 1.807) is 22.7 Å². The van der Waals surface area contributed by atoms with Crippen molar-refractivity contribution in [2.75, 3.05) is 0 Å². The van der Waals surface area contributed by atoms with Gasteiger partial charge in [0.25, 0.3) is 0 Å². The molecular weight excluding hydrogens is 459 g/mol. The Morgan fingerprint density at radius 3 is 2.21 bits per heavy atom. The maximum absolute atomic E-state index is 13.3. The van der Waals surface area contributed by atoms with Crippen LogP contribution in [0.3, 0.4) is 0 Å². The van der Waals surface area contributed by atoms with Crippen LogP contribution in [0.2, 0.25) is 0 Å². The zero-order valence-corrected chi connectivity index (χ0v) is 18.6. The number of benzene rings is 1. The van der Waals surface area contributed by atoms with Crippen LogP contribution in [0, 0.1) is 5.82 Å². The smallest absolute Gasteiger partial charge is 0.159 e. The van der Waals surface area contributed by atoms with Gasteiger partial charge in [-0.05, 0) is 85.5 Å². The fraction of sp³-hybridized carbons (Fsp3) is 0.381. The Morgan fingerprint density at radius 1 is 0.929 bits per heavy atom. The van der Waals surface area contributed by atoms with Crippen LogP contribution in [0.25, 0.3) is 10.6 Å². The number of hydrogen-bond acceptors (Lipinski definition) is 5. The summed E-state index contributed by atoms with van der Waals surface area (Å²) < 4.78 is 14.4. The van der Waals surface area contributed by atoms with Crippen molar-refractivity contribution in [3.05, 3.63) is 54.6 Å². The molecule has 2 aliphatic rings. The van der Waals surface area contributed by atoms with Crippen molar-refractivity contribution in [2.24, 2.45) is 0 Å². The Balaban J connectivity index is 0.000000162. The van der Waals surface area contributed by atoms with Crippen LogP contribution in [-0.4, -0.2) is 16.3 Å². The van der Waals surface area contributed by atoms with Crippen molar-refractivity contribution in [1.29, 1.82) is 0 Å². The number of rotatable bonds is 2. The molecule has 0 N–H and O–H groups in total. The fourth-order valence-electron chi connectivity index (χ4n) is 3.60. The van der Waals surface area contributed by atoms with E-state index in [2.05, 4.69) is 25.9 Å². The second-order valence-corrected chi connectivity index (χ2v) is 10.4. The molecule has 0 saturated carbocycles. The lowest BCUT2D eigenvalue weighted by molar-refractivity contribution is 0.112. The van der Waals surface area contributed by atoms with Gasteiger partial charge in [0.1, 0.15) is 10.8 Å². The van der Waals surface area contributed by atoms with E-state index in [9.17, 15) is 9.18 Å². The largest absolute Gasteiger partial charge is 0.298 e. The quantitative estimate of drug-likeness (QED) is 0.398. The summed E-state index contributed by atoms with van der Waals surface area (Å²) in [7, 11) is 0. The van der Waals surface area contributed by atoms with Crippen LogP contribution in [-0.2, 0) is 25.7 Å². The zero-order chi connectivity index (χ0) is 19.5. The van der Waals surface area contributed by atoms with Crippen LogP contribution >= 0.6 is 38.6 Å². The Bertz CT molecular complexity index is 951. The van der Waals surface area contributed by atoms with Gasteiger partial charge in [0.05, 0.1) is 11.4 Å². The Hall–Kier alpha value is -1.44. The first-order valence-corrected chi connectivity index (χ1v) is 11.9. The van der Waals surface area contributed by atoms with Crippen LogP contribution < -0.4 is 0 Å². The number of halogens is 2. The summed E-state index contributed by atoms with van der Waals surface area (Å²) in [4.78, 5) is 22.7. The molecule has 2 aliphatic carbocycles. The highest BCUT2D eigenvalue weighted by atomic mass is 79.9. The topological polar surface area (TPSA) is 42.9 Å². The summed E-state index contributed by atoms with van der Waals surface area (Å²) in [5.41, 5.74) is 3.58. The predicted molar refractivity (Wildman–Crippen MR) is 116 cm³/mol. The van der Waals surface area contributed by atoms with E-state index in [0.29, 0.717) is 11.1 Å². The van der Waals surface area contributed by atoms with E-state index >= 15 is 0 Å². The van der Waals surface area contributed by atoms with Crippen molar-refractivity contribution in [3.63, 3.8) is 0 Å². The number of aldehydes is 1. The summed E-state index contributed by atoms with van der Waals surface area (Å²) in [6, 6.07) is 4.22. The standard InChI is InChI=1S/C14H12FNOS.C7H8BrNS/c15-10-6-5-9(8-17)11(7-10)14-16-12-3-1-2-4-13(12)18-14;8-7-9-5-3-1-2-4-6(5)10-7/h5-8H,1-4H2;1-4H2. The summed E-state index contributed by atoms with van der Waals surface area (Å²) in [5.74, 6) is -0.330. The molecule has 0 saturated heterocycles. The van der Waals surface area contributed by atoms with Crippen molar-refractivity contribution in [2.45, 2.75) is 51.4 Å². The van der Waals surface area contributed by atoms with E-state index in [1.807, 2.05) is 0 Å². The highest BCUT2D eigenvalue weighted by molar-refractivity contribution is 9.11. The summed E-state index contributed by atoms with van der Waals surface area (Å²) in [6.45, 7) is 0. The maximum Gasteiger partial charge on any atom is 0.159 e. The molecule has 2 aromatic heterocycles. The number of nitrogens with zero attached hydrogens (tertiary/aromatic N) is 2. The van der Waals surface area contributed by atoms with E-state index in [4.69, 9.17) is 0 Å². The average molecular weight is 479 g/mol. The first-order chi connectivity index (χ1) is 13.6. The first-order valence-electron chi connectivity index (χ1n) is 9.52. The number of hydrogen-bond donors (Lipinski definition) is 0. The number of aryl methyl sites for hydroxylation is 4. The molecule has 0 atom stereocenters. The number of carbonyl (C=O) groups excluding carboxylic acids is 1. The predicted octanol–water partition coefficient (Wildman–Crippen LogP) is 6.42. The Kier molecular flexibility index (Phi) is 6.33. The minimum absolute atomic E-state index is 0.330. The molecule has 7 heteroatoms. The van der Waals surface area contributed by atoms with Crippen LogP contribution in [0.5, 0.6) is 0 Å². The molecule has 146 valence electrons. The third kappa shape index (κ3) is 4.42. The average Bonchev–Trinajstić information content (AvgIpc) is 3.30. The van der Waals surface area contributed by atoms with Crippen molar-refractivity contribution < 1.29 is 9.18 Å². The van der Waals surface area contributed by atoms with Crippen molar-refractivity contribution in [3.8, 4) is 10.6 Å². The first kappa shape index (κ1) is 19.9. The minimum Gasteiger partial charge on any atom is -0.298 e. The van der Waals surface area contributed by atoms with Gasteiger partial charge < -0.3 is 0 Å². The molecule has 0 aliphatic heterocycles. The Labute approximate surface area is 180 Å². The van der Waals surface area contributed by atoms with Gasteiger partial charge in [-0.2, -0.15) is 0 Å². The molecule has 0 unspecified atom stereocenters. The van der Waals surface area contributed by atoms with Crippen LogP contribution in [0.15, 0.2) is 22.1 Å². The van der Waals surface area contributed by atoms with Gasteiger partial charge in [-0.25, -0.2) is 14.4 Å². The normalized spacial score (nSPS) is 15.2. The number of fused-ring (bicyclic) bond motifs is 2. The van der Waals surface area contributed by atoms with Crippen LogP contribution in [0.4, 0.5) is 4.39 Å². The molecule has 0 fully saturated rings. The third-order valence-corrected chi connectivity index (χ3v) is 7.84. The molecule has 0 amide bonds. The van der Waals surface area contributed by atoms with Gasteiger partial charge in [-0.15, -0.1) is 22.7 Å². The second-order valence-electron chi connectivity index (χ2n) is 6.99. The van der Waals surface area contributed by atoms with Crippen molar-refractivity contribution in [1.82, 2.24) is 9.97 Å². The van der Waals surface area contributed by atoms with Gasteiger partial charge >= 0.3 is 0 Å². The maximum atomic E-state index is 13.3. The van der Waals surface area contributed by atoms with Gasteiger partial charge in [-0.3, -0.25) is 4.79 Å². The van der Waals surface area contributed by atoms with Gasteiger partial charge in [0, 0.05) is 20.9 Å². The van der Waals surface area contributed by atoms with Gasteiger partial charge in [0.2, 0.25) is 0 Å². The molecule has 0 spiro atoms. The van der Waals surface area contributed by atoms with E-state index in [-0.39, 0.29) is 5.82 Å². The fourth-order valence-corrected chi connectivity index (χ4v) is 6.46. The number of carbonyl (C=O) groups is 1. The molecule has 0 radical (unpaired) electrons. The molecular formula is C21H20BrFN2OS2. The molecule has 28 heavy (non-hydrogen) atoms. The summed E-state index contributed by atoms with van der Waals surface area (Å²) in [5, 5.41) is 0.767. The Morgan fingerprint density at radius 2 is 1.57 bits per heavy atom. The molecule has 3 nitrogen and oxygen atoms in total. The van der Waals surface area contributed by atoms with Crippen molar-refractivity contribution >= 4 is 44.9 Å². The number of thiazole rings is 2. The highest BCUT2D eigenvalue weighted by Crippen LogP contribution is 2.34. The molecule has 1 aromatic carbocycles. The lowest BCUT2D eigenvalue weighted by Gasteiger charge is -2.06. The molecule has 2 heterocycles. The third-order valence-electron chi connectivity index (χ3n) is 5.04. The monoisotopic (exact) mass is 478 g/mol. The minimum atomic E-state index is -0.330. The van der Waals surface area contributed by atoms with E-state index < -0.39 is 0 Å². The molecule has 0 bridgehead atoms. The molecule has 5 rings (SSSR count). The SMILES string of the molecule is Brc1nc2c(s1)CCCC2.O=Cc1ccc(F)cc1-c1nc2c(s1)CCCC2. The number of aromatic nitrogens is 2. The lowest BCUT2D eigenvalue weighted by Crippen LogP contribution is -1.99.